The van der Waals surface area contributed by atoms with Crippen LogP contribution in [0.5, 0.6) is 0 Å². The quantitative estimate of drug-likeness (QED) is 0.458. The first-order chi connectivity index (χ1) is 7.63. The molecule has 0 radical (unpaired) electrons. The minimum atomic E-state index is 0. The van der Waals surface area contributed by atoms with Crippen LogP contribution in [0.4, 0.5) is 0 Å². The van der Waals surface area contributed by atoms with Crippen molar-refractivity contribution >= 4 is 29.9 Å². The Morgan fingerprint density at radius 3 is 2.65 bits per heavy atom. The Balaban J connectivity index is 0.00000256. The summed E-state index contributed by atoms with van der Waals surface area (Å²) in [7, 11) is 2.19. The highest BCUT2D eigenvalue weighted by Crippen LogP contribution is 2.14. The van der Waals surface area contributed by atoms with Crippen LogP contribution in [0.15, 0.2) is 4.99 Å². The first kappa shape index (κ1) is 17.0. The SMILES string of the molecule is CCNC(=NCC1CCCN1C)NC(C)C.I. The maximum atomic E-state index is 4.64. The Morgan fingerprint density at radius 1 is 1.47 bits per heavy atom. The van der Waals surface area contributed by atoms with Crippen LogP contribution in [0, 0.1) is 0 Å². The Kier molecular flexibility index (Phi) is 8.94. The number of aliphatic imine (C=N–C) groups is 1. The van der Waals surface area contributed by atoms with Crippen molar-refractivity contribution in [3.05, 3.63) is 0 Å². The third kappa shape index (κ3) is 6.45. The molecule has 1 rings (SSSR count). The van der Waals surface area contributed by atoms with E-state index in [1.54, 1.807) is 0 Å². The lowest BCUT2D eigenvalue weighted by atomic mass is 10.2. The van der Waals surface area contributed by atoms with Crippen LogP contribution in [0.25, 0.3) is 0 Å². The maximum absolute atomic E-state index is 4.64. The van der Waals surface area contributed by atoms with Crippen molar-refractivity contribution in [2.75, 3.05) is 26.7 Å². The normalized spacial score (nSPS) is 21.5. The molecule has 17 heavy (non-hydrogen) atoms. The van der Waals surface area contributed by atoms with Crippen LogP contribution in [0.1, 0.15) is 33.6 Å². The molecule has 0 aliphatic carbocycles. The molecule has 0 saturated carbocycles. The van der Waals surface area contributed by atoms with Gasteiger partial charge in [-0.2, -0.15) is 0 Å². The predicted octanol–water partition coefficient (Wildman–Crippen LogP) is 1.66. The van der Waals surface area contributed by atoms with Gasteiger partial charge in [-0.25, -0.2) is 0 Å². The molecule has 2 N–H and O–H groups in total. The number of nitrogens with zero attached hydrogens (tertiary/aromatic N) is 2. The molecule has 1 unspecified atom stereocenters. The molecular formula is C12H27IN4. The van der Waals surface area contributed by atoms with Crippen molar-refractivity contribution in [3.63, 3.8) is 0 Å². The van der Waals surface area contributed by atoms with E-state index in [1.165, 1.54) is 19.4 Å². The van der Waals surface area contributed by atoms with Crippen LogP contribution in [0.3, 0.4) is 0 Å². The molecule has 0 aromatic carbocycles. The summed E-state index contributed by atoms with van der Waals surface area (Å²) in [6.07, 6.45) is 2.59. The van der Waals surface area contributed by atoms with Crippen LogP contribution in [0.2, 0.25) is 0 Å². The zero-order valence-electron chi connectivity index (χ0n) is 11.5. The van der Waals surface area contributed by atoms with Crippen molar-refractivity contribution in [2.45, 2.75) is 45.7 Å². The van der Waals surface area contributed by atoms with E-state index in [2.05, 4.69) is 48.3 Å². The number of rotatable bonds is 4. The van der Waals surface area contributed by atoms with E-state index in [0.717, 1.165) is 19.0 Å². The molecule has 1 atom stereocenters. The number of hydrogen-bond donors (Lipinski definition) is 2. The second kappa shape index (κ2) is 8.97. The Labute approximate surface area is 123 Å². The average molecular weight is 354 g/mol. The monoisotopic (exact) mass is 354 g/mol. The summed E-state index contributed by atoms with van der Waals surface area (Å²) in [4.78, 5) is 7.04. The van der Waals surface area contributed by atoms with Gasteiger partial charge in [0.15, 0.2) is 5.96 Å². The highest BCUT2D eigenvalue weighted by atomic mass is 127. The highest BCUT2D eigenvalue weighted by Gasteiger charge is 2.20. The van der Waals surface area contributed by atoms with E-state index < -0.39 is 0 Å². The fraction of sp³-hybridized carbons (Fsp3) is 0.917. The summed E-state index contributed by atoms with van der Waals surface area (Å²) in [6.45, 7) is 9.40. The Bertz CT molecular complexity index is 231. The summed E-state index contributed by atoms with van der Waals surface area (Å²) in [5, 5.41) is 6.61. The van der Waals surface area contributed by atoms with Gasteiger partial charge in [0.2, 0.25) is 0 Å². The molecule has 102 valence electrons. The molecule has 1 saturated heterocycles. The minimum absolute atomic E-state index is 0. The van der Waals surface area contributed by atoms with E-state index in [9.17, 15) is 0 Å². The van der Waals surface area contributed by atoms with Crippen molar-refractivity contribution in [1.29, 1.82) is 0 Å². The molecule has 0 spiro atoms. The third-order valence-corrected chi connectivity index (χ3v) is 2.90. The minimum Gasteiger partial charge on any atom is -0.357 e. The topological polar surface area (TPSA) is 39.7 Å². The number of likely N-dealkylation sites (N-methyl/N-ethyl adjacent to an activating group) is 1. The summed E-state index contributed by atoms with van der Waals surface area (Å²) >= 11 is 0. The number of hydrogen-bond acceptors (Lipinski definition) is 2. The van der Waals surface area contributed by atoms with Gasteiger partial charge in [0, 0.05) is 18.6 Å². The van der Waals surface area contributed by atoms with Crippen LogP contribution >= 0.6 is 24.0 Å². The Morgan fingerprint density at radius 2 is 2.18 bits per heavy atom. The van der Waals surface area contributed by atoms with E-state index in [0.29, 0.717) is 12.1 Å². The van der Waals surface area contributed by atoms with E-state index in [1.807, 2.05) is 0 Å². The second-order valence-corrected chi connectivity index (χ2v) is 4.80. The highest BCUT2D eigenvalue weighted by molar-refractivity contribution is 14.0. The van der Waals surface area contributed by atoms with Gasteiger partial charge in [-0.3, -0.25) is 4.99 Å². The molecule has 5 heteroatoms. The molecule has 1 fully saturated rings. The number of guanidine groups is 1. The molecule has 1 aliphatic heterocycles. The van der Waals surface area contributed by atoms with E-state index >= 15 is 0 Å². The van der Waals surface area contributed by atoms with Crippen molar-refractivity contribution in [3.8, 4) is 0 Å². The summed E-state index contributed by atoms with van der Waals surface area (Å²) in [6, 6.07) is 1.06. The van der Waals surface area contributed by atoms with Crippen molar-refractivity contribution in [1.82, 2.24) is 15.5 Å². The van der Waals surface area contributed by atoms with Gasteiger partial charge in [0.1, 0.15) is 0 Å². The summed E-state index contributed by atoms with van der Waals surface area (Å²) in [5.74, 6) is 0.942. The summed E-state index contributed by atoms with van der Waals surface area (Å²) < 4.78 is 0. The lowest BCUT2D eigenvalue weighted by Gasteiger charge is -2.19. The predicted molar refractivity (Wildman–Crippen MR) is 85.3 cm³/mol. The van der Waals surface area contributed by atoms with Crippen molar-refractivity contribution in [2.24, 2.45) is 4.99 Å². The van der Waals surface area contributed by atoms with E-state index in [-0.39, 0.29) is 24.0 Å². The summed E-state index contributed by atoms with van der Waals surface area (Å²) in [5.41, 5.74) is 0. The smallest absolute Gasteiger partial charge is 0.191 e. The first-order valence-electron chi connectivity index (χ1n) is 6.38. The first-order valence-corrected chi connectivity index (χ1v) is 6.38. The van der Waals surface area contributed by atoms with Gasteiger partial charge >= 0.3 is 0 Å². The molecule has 1 heterocycles. The van der Waals surface area contributed by atoms with Gasteiger partial charge in [-0.05, 0) is 47.2 Å². The lowest BCUT2D eigenvalue weighted by molar-refractivity contribution is 0.317. The Hall–Kier alpha value is -0.0400. The largest absolute Gasteiger partial charge is 0.357 e. The number of nitrogens with one attached hydrogen (secondary N) is 2. The maximum Gasteiger partial charge on any atom is 0.191 e. The van der Waals surface area contributed by atoms with Gasteiger partial charge in [0.25, 0.3) is 0 Å². The number of likely N-dealkylation sites (tertiary alicyclic amines) is 1. The molecule has 4 nitrogen and oxygen atoms in total. The fourth-order valence-corrected chi connectivity index (χ4v) is 2.00. The van der Waals surface area contributed by atoms with Gasteiger partial charge in [-0.15, -0.1) is 24.0 Å². The molecule has 0 aromatic heterocycles. The van der Waals surface area contributed by atoms with Crippen molar-refractivity contribution < 1.29 is 0 Å². The van der Waals surface area contributed by atoms with Gasteiger partial charge in [0.05, 0.1) is 6.54 Å². The molecule has 0 aromatic rings. The number of halogens is 1. The molecular weight excluding hydrogens is 327 g/mol. The zero-order valence-corrected chi connectivity index (χ0v) is 13.8. The standard InChI is InChI=1S/C12H26N4.HI/c1-5-13-12(15-10(2)3)14-9-11-7-6-8-16(11)4;/h10-11H,5-9H2,1-4H3,(H2,13,14,15);1H. The fourth-order valence-electron chi connectivity index (χ4n) is 2.00. The van der Waals surface area contributed by atoms with Gasteiger partial charge in [-0.1, -0.05) is 0 Å². The van der Waals surface area contributed by atoms with Gasteiger partial charge < -0.3 is 15.5 Å². The lowest BCUT2D eigenvalue weighted by Crippen LogP contribution is -2.42. The second-order valence-electron chi connectivity index (χ2n) is 4.80. The molecule has 0 amide bonds. The third-order valence-electron chi connectivity index (χ3n) is 2.90. The molecule has 1 aliphatic rings. The average Bonchev–Trinajstić information content (AvgIpc) is 2.60. The zero-order chi connectivity index (χ0) is 12.0. The van der Waals surface area contributed by atoms with E-state index in [4.69, 9.17) is 0 Å². The van der Waals surface area contributed by atoms with Crippen LogP contribution in [-0.4, -0.2) is 49.6 Å². The molecule has 0 bridgehead atoms. The van der Waals surface area contributed by atoms with Crippen LogP contribution < -0.4 is 10.6 Å². The van der Waals surface area contributed by atoms with Crippen LogP contribution in [-0.2, 0) is 0 Å².